The zero-order valence-corrected chi connectivity index (χ0v) is 16.7. The highest BCUT2D eigenvalue weighted by Gasteiger charge is 2.24. The highest BCUT2D eigenvalue weighted by molar-refractivity contribution is 5.94. The molecule has 1 aliphatic carbocycles. The Hall–Kier alpha value is -3.49. The quantitative estimate of drug-likeness (QED) is 0.506. The zero-order valence-electron chi connectivity index (χ0n) is 16.7. The fourth-order valence-electron chi connectivity index (χ4n) is 4.17. The molecule has 7 nitrogen and oxygen atoms in total. The Morgan fingerprint density at radius 3 is 2.65 bits per heavy atom. The third-order valence-electron chi connectivity index (χ3n) is 5.80. The van der Waals surface area contributed by atoms with Gasteiger partial charge in [-0.1, -0.05) is 6.07 Å². The van der Waals surface area contributed by atoms with E-state index in [0.29, 0.717) is 11.2 Å². The van der Waals surface area contributed by atoms with Gasteiger partial charge in [0.25, 0.3) is 12.3 Å². The molecule has 0 spiro atoms. The smallest absolute Gasteiger partial charge is 0.281 e. The molecule has 31 heavy (non-hydrogen) atoms. The third-order valence-corrected chi connectivity index (χ3v) is 5.80. The van der Waals surface area contributed by atoms with Gasteiger partial charge in [-0.15, -0.1) is 0 Å². The highest BCUT2D eigenvalue weighted by Crippen LogP contribution is 2.25. The maximum atomic E-state index is 13.0. The summed E-state index contributed by atoms with van der Waals surface area (Å²) in [4.78, 5) is 20.8. The molecule has 5 rings (SSSR count). The second kappa shape index (κ2) is 7.98. The molecule has 0 aromatic carbocycles. The molecule has 4 aromatic rings. The van der Waals surface area contributed by atoms with Crippen LogP contribution in [0.3, 0.4) is 0 Å². The van der Waals surface area contributed by atoms with Crippen molar-refractivity contribution in [1.82, 2.24) is 24.1 Å². The van der Waals surface area contributed by atoms with Gasteiger partial charge in [0, 0.05) is 36.9 Å². The van der Waals surface area contributed by atoms with Gasteiger partial charge < -0.3 is 15.0 Å². The summed E-state index contributed by atoms with van der Waals surface area (Å²) in [5.41, 5.74) is 1.68. The molecule has 1 aliphatic rings. The van der Waals surface area contributed by atoms with Crippen molar-refractivity contribution >= 4 is 23.0 Å². The summed E-state index contributed by atoms with van der Waals surface area (Å²) in [6.45, 7) is 0. The van der Waals surface area contributed by atoms with Crippen LogP contribution in [0.4, 0.5) is 14.6 Å². The zero-order chi connectivity index (χ0) is 21.4. The summed E-state index contributed by atoms with van der Waals surface area (Å²) in [6.07, 6.45) is 7.52. The van der Waals surface area contributed by atoms with Crippen molar-refractivity contribution in [1.29, 1.82) is 0 Å². The van der Waals surface area contributed by atoms with E-state index in [0.717, 1.165) is 37.1 Å². The van der Waals surface area contributed by atoms with Crippen molar-refractivity contribution in [2.45, 2.75) is 44.2 Å². The van der Waals surface area contributed by atoms with Crippen LogP contribution in [0.25, 0.3) is 11.3 Å². The van der Waals surface area contributed by atoms with Crippen molar-refractivity contribution in [2.75, 3.05) is 5.32 Å². The van der Waals surface area contributed by atoms with E-state index in [9.17, 15) is 13.6 Å². The van der Waals surface area contributed by atoms with E-state index in [1.807, 2.05) is 28.8 Å². The monoisotopic (exact) mass is 424 g/mol. The van der Waals surface area contributed by atoms with Crippen molar-refractivity contribution in [2.24, 2.45) is 0 Å². The Morgan fingerprint density at radius 2 is 1.84 bits per heavy atom. The van der Waals surface area contributed by atoms with Crippen LogP contribution in [0.5, 0.6) is 0 Å². The van der Waals surface area contributed by atoms with E-state index in [2.05, 4.69) is 20.6 Å². The second-order valence-corrected chi connectivity index (χ2v) is 7.88. The van der Waals surface area contributed by atoms with E-state index in [-0.39, 0.29) is 23.7 Å². The molecule has 0 saturated heterocycles. The molecule has 4 aromatic heterocycles. The lowest BCUT2D eigenvalue weighted by Gasteiger charge is -2.30. The van der Waals surface area contributed by atoms with E-state index in [1.165, 1.54) is 6.20 Å². The molecule has 0 atom stereocenters. The van der Waals surface area contributed by atoms with Gasteiger partial charge in [0.15, 0.2) is 0 Å². The molecule has 160 valence electrons. The number of amides is 1. The van der Waals surface area contributed by atoms with E-state index >= 15 is 0 Å². The Kier molecular flexibility index (Phi) is 5.01. The number of carbonyl (C=O) groups excluding carboxylic acids is 1. The summed E-state index contributed by atoms with van der Waals surface area (Å²) < 4.78 is 29.5. The minimum atomic E-state index is -2.60. The minimum absolute atomic E-state index is 0.0882. The average molecular weight is 424 g/mol. The van der Waals surface area contributed by atoms with Crippen molar-refractivity contribution in [3.05, 3.63) is 66.4 Å². The molecule has 1 amide bonds. The predicted octanol–water partition coefficient (Wildman–Crippen LogP) is 4.07. The number of anilines is 1. The molecule has 0 aliphatic heterocycles. The molecule has 2 N–H and O–H groups in total. The van der Waals surface area contributed by atoms with Crippen LogP contribution in [0, 0.1) is 0 Å². The predicted molar refractivity (Wildman–Crippen MR) is 112 cm³/mol. The molecule has 0 radical (unpaired) electrons. The number of imidazole rings is 2. The van der Waals surface area contributed by atoms with Crippen LogP contribution in [0.1, 0.15) is 48.2 Å². The summed E-state index contributed by atoms with van der Waals surface area (Å²) >= 11 is 0. The average Bonchev–Trinajstić information content (AvgIpc) is 3.42. The lowest BCUT2D eigenvalue weighted by Crippen LogP contribution is -2.40. The normalized spacial score (nSPS) is 19.2. The van der Waals surface area contributed by atoms with Gasteiger partial charge in [-0.2, -0.15) is 0 Å². The van der Waals surface area contributed by atoms with Crippen LogP contribution in [-0.2, 0) is 0 Å². The Morgan fingerprint density at radius 1 is 1.03 bits per heavy atom. The molecule has 4 heterocycles. The summed E-state index contributed by atoms with van der Waals surface area (Å²) in [7, 11) is 0. The number of nitrogens with zero attached hydrogens (tertiary/aromatic N) is 4. The van der Waals surface area contributed by atoms with Crippen LogP contribution in [-0.4, -0.2) is 36.8 Å². The number of rotatable bonds is 5. The molecule has 0 bridgehead atoms. The van der Waals surface area contributed by atoms with Crippen LogP contribution >= 0.6 is 0 Å². The van der Waals surface area contributed by atoms with Crippen LogP contribution in [0.15, 0.2) is 55.1 Å². The SMILES string of the molecule is O=C(N[C@H]1CC[C@@H](Nc2cccc3nc(C(F)F)cn23)CC1)c1ccc2nccn2c1. The Bertz CT molecular complexity index is 1230. The topological polar surface area (TPSA) is 75.7 Å². The fourth-order valence-corrected chi connectivity index (χ4v) is 4.17. The number of aromatic nitrogens is 4. The van der Waals surface area contributed by atoms with Crippen molar-refractivity contribution < 1.29 is 13.6 Å². The first-order chi connectivity index (χ1) is 15.1. The van der Waals surface area contributed by atoms with Gasteiger partial charge >= 0.3 is 0 Å². The molecular formula is C22H22F2N6O. The van der Waals surface area contributed by atoms with Gasteiger partial charge in [0.1, 0.15) is 22.8 Å². The Labute approximate surface area is 177 Å². The first kappa shape index (κ1) is 19.5. The minimum Gasteiger partial charge on any atom is -0.368 e. The van der Waals surface area contributed by atoms with Gasteiger partial charge in [-0.05, 0) is 49.9 Å². The largest absolute Gasteiger partial charge is 0.368 e. The number of hydrogen-bond donors (Lipinski definition) is 2. The molecule has 9 heteroatoms. The number of hydrogen-bond acceptors (Lipinski definition) is 4. The Balaban J connectivity index is 1.20. The first-order valence-electron chi connectivity index (χ1n) is 10.3. The molecule has 0 unspecified atom stereocenters. The molecule has 1 fully saturated rings. The van der Waals surface area contributed by atoms with Gasteiger partial charge in [0.2, 0.25) is 0 Å². The lowest BCUT2D eigenvalue weighted by atomic mass is 9.91. The van der Waals surface area contributed by atoms with E-state index in [1.54, 1.807) is 28.9 Å². The molecular weight excluding hydrogens is 402 g/mol. The van der Waals surface area contributed by atoms with Crippen molar-refractivity contribution in [3.63, 3.8) is 0 Å². The second-order valence-electron chi connectivity index (χ2n) is 7.88. The maximum Gasteiger partial charge on any atom is 0.281 e. The summed E-state index contributed by atoms with van der Waals surface area (Å²) in [6, 6.07) is 9.31. The number of nitrogens with one attached hydrogen (secondary N) is 2. The van der Waals surface area contributed by atoms with Crippen molar-refractivity contribution in [3.8, 4) is 0 Å². The molecule has 1 saturated carbocycles. The highest BCUT2D eigenvalue weighted by atomic mass is 19.3. The first-order valence-corrected chi connectivity index (χ1v) is 10.3. The summed E-state index contributed by atoms with van der Waals surface area (Å²) in [5.74, 6) is 0.660. The fraction of sp³-hybridized carbons (Fsp3) is 0.318. The third kappa shape index (κ3) is 3.95. The number of fused-ring (bicyclic) bond motifs is 2. The number of halogens is 2. The van der Waals surface area contributed by atoms with Gasteiger partial charge in [-0.25, -0.2) is 18.7 Å². The van der Waals surface area contributed by atoms with Gasteiger partial charge in [0.05, 0.1) is 5.56 Å². The lowest BCUT2D eigenvalue weighted by molar-refractivity contribution is 0.0926. The number of alkyl halides is 2. The summed E-state index contributed by atoms with van der Waals surface area (Å²) in [5, 5.41) is 6.58. The standard InChI is InChI=1S/C22H22F2N6O/c23-21(24)17-13-30-19(2-1-3-20(30)28-17)26-15-5-7-16(8-6-15)27-22(31)14-4-9-18-25-10-11-29(18)12-14/h1-4,9-13,15-16,21,26H,5-8H2,(H,27,31)/t15-,16+. The van der Waals surface area contributed by atoms with Crippen LogP contribution < -0.4 is 10.6 Å². The number of carbonyl (C=O) groups is 1. The maximum absolute atomic E-state index is 13.0. The van der Waals surface area contributed by atoms with E-state index < -0.39 is 6.43 Å². The van der Waals surface area contributed by atoms with E-state index in [4.69, 9.17) is 0 Å². The van der Waals surface area contributed by atoms with Crippen LogP contribution in [0.2, 0.25) is 0 Å². The van der Waals surface area contributed by atoms with Gasteiger partial charge in [-0.3, -0.25) is 9.20 Å². The number of pyridine rings is 2.